The van der Waals surface area contributed by atoms with Crippen LogP contribution in [0.15, 0.2) is 24.3 Å². The summed E-state index contributed by atoms with van der Waals surface area (Å²) in [5, 5.41) is 18.4. The Bertz CT molecular complexity index is 587. The predicted octanol–water partition coefficient (Wildman–Crippen LogP) is 1.98. The minimum Gasteiger partial charge on any atom is -0.508 e. The van der Waals surface area contributed by atoms with Gasteiger partial charge in [0.05, 0.1) is 11.4 Å². The van der Waals surface area contributed by atoms with Gasteiger partial charge in [0.2, 0.25) is 0 Å². The molecule has 0 bridgehead atoms. The van der Waals surface area contributed by atoms with Gasteiger partial charge in [-0.3, -0.25) is 0 Å². The number of aryl methyl sites for hydroxylation is 1. The summed E-state index contributed by atoms with van der Waals surface area (Å²) in [6.45, 7) is 1.64. The number of carboxylic acids is 1. The number of aromatic nitrogens is 1. The summed E-state index contributed by atoms with van der Waals surface area (Å²) >= 11 is 0. The van der Waals surface area contributed by atoms with E-state index in [1.165, 1.54) is 12.1 Å². The Balaban J connectivity index is 2.62. The van der Waals surface area contributed by atoms with Crippen LogP contribution in [0.1, 0.15) is 16.1 Å². The standard InChI is InChI=1S/C12H12N2O3/c1-6-9(12(16)17)10(13)11(14-6)7-3-2-4-8(15)5-7/h2-5,14-15H,13H2,1H3,(H,16,17). The molecule has 0 atom stereocenters. The van der Waals surface area contributed by atoms with Gasteiger partial charge in [-0.1, -0.05) is 12.1 Å². The number of carboxylic acid groups (broad SMARTS) is 1. The van der Waals surface area contributed by atoms with Gasteiger partial charge in [0.15, 0.2) is 0 Å². The largest absolute Gasteiger partial charge is 0.508 e. The Morgan fingerprint density at radius 3 is 2.65 bits per heavy atom. The number of nitrogens with two attached hydrogens (primary N) is 1. The summed E-state index contributed by atoms with van der Waals surface area (Å²) in [6.07, 6.45) is 0. The van der Waals surface area contributed by atoms with Crippen molar-refractivity contribution in [1.29, 1.82) is 0 Å². The van der Waals surface area contributed by atoms with Crippen molar-refractivity contribution in [1.82, 2.24) is 4.98 Å². The van der Waals surface area contributed by atoms with Crippen molar-refractivity contribution in [2.24, 2.45) is 0 Å². The highest BCUT2D eigenvalue weighted by atomic mass is 16.4. The summed E-state index contributed by atoms with van der Waals surface area (Å²) in [6, 6.07) is 6.47. The summed E-state index contributed by atoms with van der Waals surface area (Å²) in [5.41, 5.74) is 7.70. The number of rotatable bonds is 2. The van der Waals surface area contributed by atoms with Crippen molar-refractivity contribution in [3.05, 3.63) is 35.5 Å². The first-order valence-corrected chi connectivity index (χ1v) is 5.01. The van der Waals surface area contributed by atoms with E-state index in [9.17, 15) is 9.90 Å². The molecule has 0 unspecified atom stereocenters. The number of H-pyrrole nitrogens is 1. The van der Waals surface area contributed by atoms with Crippen LogP contribution in [0.4, 0.5) is 5.69 Å². The summed E-state index contributed by atoms with van der Waals surface area (Å²) < 4.78 is 0. The molecule has 0 spiro atoms. The van der Waals surface area contributed by atoms with Gasteiger partial charge >= 0.3 is 5.97 Å². The average molecular weight is 232 g/mol. The molecule has 0 amide bonds. The molecule has 0 saturated carbocycles. The third-order valence-corrected chi connectivity index (χ3v) is 2.57. The van der Waals surface area contributed by atoms with Crippen molar-refractivity contribution in [3.8, 4) is 17.0 Å². The molecule has 0 fully saturated rings. The molecule has 5 N–H and O–H groups in total. The van der Waals surface area contributed by atoms with E-state index in [-0.39, 0.29) is 17.0 Å². The molecule has 0 aliphatic heterocycles. The fraction of sp³-hybridized carbons (Fsp3) is 0.0833. The first kappa shape index (κ1) is 11.1. The molecule has 2 rings (SSSR count). The van der Waals surface area contributed by atoms with Crippen molar-refractivity contribution < 1.29 is 15.0 Å². The number of phenolic OH excluding ortho intramolecular Hbond substituents is 1. The molecule has 1 heterocycles. The molecule has 5 heteroatoms. The lowest BCUT2D eigenvalue weighted by Gasteiger charge is -2.01. The molecular weight excluding hydrogens is 220 g/mol. The monoisotopic (exact) mass is 232 g/mol. The summed E-state index contributed by atoms with van der Waals surface area (Å²) in [7, 11) is 0. The Hall–Kier alpha value is -2.43. The molecule has 1 aromatic carbocycles. The second-order valence-electron chi connectivity index (χ2n) is 3.77. The zero-order valence-corrected chi connectivity index (χ0v) is 9.19. The minimum atomic E-state index is -1.07. The Morgan fingerprint density at radius 2 is 2.12 bits per heavy atom. The van der Waals surface area contributed by atoms with Gasteiger partial charge < -0.3 is 20.9 Å². The molecule has 0 aliphatic carbocycles. The molecule has 0 saturated heterocycles. The van der Waals surface area contributed by atoms with E-state index in [0.29, 0.717) is 17.0 Å². The van der Waals surface area contributed by atoms with Gasteiger partial charge in [0.1, 0.15) is 11.3 Å². The molecule has 2 aromatic rings. The molecule has 88 valence electrons. The summed E-state index contributed by atoms with van der Waals surface area (Å²) in [4.78, 5) is 13.9. The molecule has 0 aliphatic rings. The average Bonchev–Trinajstić information content (AvgIpc) is 2.54. The van der Waals surface area contributed by atoms with Crippen LogP contribution in [0.5, 0.6) is 5.75 Å². The smallest absolute Gasteiger partial charge is 0.339 e. The molecule has 1 aromatic heterocycles. The van der Waals surface area contributed by atoms with Gasteiger partial charge in [-0.05, 0) is 19.1 Å². The zero-order valence-electron chi connectivity index (χ0n) is 9.19. The molecule has 0 radical (unpaired) electrons. The second-order valence-corrected chi connectivity index (χ2v) is 3.77. The number of nitrogens with one attached hydrogen (secondary N) is 1. The van der Waals surface area contributed by atoms with E-state index >= 15 is 0 Å². The number of benzene rings is 1. The van der Waals surface area contributed by atoms with Crippen molar-refractivity contribution in [2.45, 2.75) is 6.92 Å². The van der Waals surface area contributed by atoms with Gasteiger partial charge in [-0.15, -0.1) is 0 Å². The number of hydrogen-bond donors (Lipinski definition) is 4. The van der Waals surface area contributed by atoms with Crippen LogP contribution in [0.25, 0.3) is 11.3 Å². The van der Waals surface area contributed by atoms with Crippen LogP contribution in [0.2, 0.25) is 0 Å². The van der Waals surface area contributed by atoms with Gasteiger partial charge in [0, 0.05) is 11.3 Å². The number of carbonyl (C=O) groups is 1. The van der Waals surface area contributed by atoms with E-state index in [1.807, 2.05) is 0 Å². The number of anilines is 1. The molecule has 17 heavy (non-hydrogen) atoms. The Morgan fingerprint density at radius 1 is 1.41 bits per heavy atom. The SMILES string of the molecule is Cc1[nH]c(-c2cccc(O)c2)c(N)c1C(=O)O. The number of aromatic hydroxyl groups is 1. The maximum Gasteiger partial charge on any atom is 0.339 e. The lowest BCUT2D eigenvalue weighted by molar-refractivity contribution is 0.0697. The fourth-order valence-electron chi connectivity index (χ4n) is 1.81. The number of hydrogen-bond acceptors (Lipinski definition) is 3. The maximum absolute atomic E-state index is 11.0. The first-order valence-electron chi connectivity index (χ1n) is 5.01. The van der Waals surface area contributed by atoms with Gasteiger partial charge in [-0.25, -0.2) is 4.79 Å². The van der Waals surface area contributed by atoms with Crippen LogP contribution in [-0.2, 0) is 0 Å². The lowest BCUT2D eigenvalue weighted by Crippen LogP contribution is -2.01. The van der Waals surface area contributed by atoms with Crippen molar-refractivity contribution >= 4 is 11.7 Å². The highest BCUT2D eigenvalue weighted by Crippen LogP contribution is 2.31. The van der Waals surface area contributed by atoms with Crippen molar-refractivity contribution in [2.75, 3.05) is 5.73 Å². The third-order valence-electron chi connectivity index (χ3n) is 2.57. The fourth-order valence-corrected chi connectivity index (χ4v) is 1.81. The first-order chi connectivity index (χ1) is 8.00. The zero-order chi connectivity index (χ0) is 12.6. The number of aromatic amines is 1. The van der Waals surface area contributed by atoms with Crippen LogP contribution in [0, 0.1) is 6.92 Å². The topological polar surface area (TPSA) is 99.3 Å². The summed E-state index contributed by atoms with van der Waals surface area (Å²) in [5.74, 6) is -0.964. The van der Waals surface area contributed by atoms with Gasteiger partial charge in [0.25, 0.3) is 0 Å². The lowest BCUT2D eigenvalue weighted by atomic mass is 10.1. The Labute approximate surface area is 97.5 Å². The van der Waals surface area contributed by atoms with E-state index in [1.54, 1.807) is 19.1 Å². The minimum absolute atomic E-state index is 0.0725. The molecule has 5 nitrogen and oxygen atoms in total. The number of aromatic carboxylic acids is 1. The van der Waals surface area contributed by atoms with Crippen LogP contribution >= 0.6 is 0 Å². The van der Waals surface area contributed by atoms with Gasteiger partial charge in [-0.2, -0.15) is 0 Å². The highest BCUT2D eigenvalue weighted by Gasteiger charge is 2.19. The van der Waals surface area contributed by atoms with E-state index in [2.05, 4.69) is 4.98 Å². The van der Waals surface area contributed by atoms with Crippen molar-refractivity contribution in [3.63, 3.8) is 0 Å². The molecular formula is C12H12N2O3. The quantitative estimate of drug-likeness (QED) is 0.636. The van der Waals surface area contributed by atoms with Crippen LogP contribution in [0.3, 0.4) is 0 Å². The maximum atomic E-state index is 11.0. The second kappa shape index (κ2) is 3.86. The highest BCUT2D eigenvalue weighted by molar-refractivity contribution is 5.99. The van der Waals surface area contributed by atoms with E-state index in [0.717, 1.165) is 0 Å². The van der Waals surface area contributed by atoms with Crippen LogP contribution in [-0.4, -0.2) is 21.2 Å². The Kier molecular flexibility index (Phi) is 2.51. The predicted molar refractivity (Wildman–Crippen MR) is 64.0 cm³/mol. The normalized spacial score (nSPS) is 10.4. The third kappa shape index (κ3) is 1.82. The number of nitrogen functional groups attached to an aromatic ring is 1. The van der Waals surface area contributed by atoms with E-state index in [4.69, 9.17) is 10.8 Å². The van der Waals surface area contributed by atoms with E-state index < -0.39 is 5.97 Å². The van der Waals surface area contributed by atoms with Crippen LogP contribution < -0.4 is 5.73 Å². The number of phenols is 1.